The van der Waals surface area contributed by atoms with Crippen molar-refractivity contribution >= 4 is 11.6 Å². The maximum Gasteiger partial charge on any atom is 0.204 e. The van der Waals surface area contributed by atoms with Gasteiger partial charge in [0.2, 0.25) is 5.75 Å². The Balaban J connectivity index is 2.13. The molecule has 0 saturated carbocycles. The van der Waals surface area contributed by atoms with Gasteiger partial charge >= 0.3 is 0 Å². The predicted octanol–water partition coefficient (Wildman–Crippen LogP) is 2.43. The standard InChI is InChI=1S/C13H18N4O2/c1-4-14-12-11(18-3)13(17-8-16-12)15-7-10-6-5-9(2)19-10/h5-6,8H,4,7H2,1-3H3,(H2,14,15,16,17). The monoisotopic (exact) mass is 262 g/mol. The number of hydrogen-bond donors (Lipinski definition) is 2. The fraction of sp³-hybridized carbons (Fsp3) is 0.385. The van der Waals surface area contributed by atoms with Gasteiger partial charge in [-0.25, -0.2) is 9.97 Å². The van der Waals surface area contributed by atoms with Crippen LogP contribution in [0.25, 0.3) is 0 Å². The molecule has 102 valence electrons. The highest BCUT2D eigenvalue weighted by molar-refractivity contribution is 5.63. The van der Waals surface area contributed by atoms with Crippen molar-refractivity contribution in [2.45, 2.75) is 20.4 Å². The summed E-state index contributed by atoms with van der Waals surface area (Å²) < 4.78 is 10.8. The summed E-state index contributed by atoms with van der Waals surface area (Å²) in [4.78, 5) is 8.33. The lowest BCUT2D eigenvalue weighted by molar-refractivity contribution is 0.414. The van der Waals surface area contributed by atoms with Crippen LogP contribution in [0.1, 0.15) is 18.4 Å². The molecule has 0 aliphatic rings. The van der Waals surface area contributed by atoms with Crippen LogP contribution < -0.4 is 15.4 Å². The number of hydrogen-bond acceptors (Lipinski definition) is 6. The summed E-state index contributed by atoms with van der Waals surface area (Å²) in [6.45, 7) is 5.23. The van der Waals surface area contributed by atoms with Crippen LogP contribution in [0.4, 0.5) is 11.6 Å². The van der Waals surface area contributed by atoms with E-state index in [4.69, 9.17) is 9.15 Å². The number of nitrogens with one attached hydrogen (secondary N) is 2. The Morgan fingerprint density at radius 2 is 1.95 bits per heavy atom. The molecule has 0 saturated heterocycles. The fourth-order valence-electron chi connectivity index (χ4n) is 1.74. The summed E-state index contributed by atoms with van der Waals surface area (Å²) in [5.74, 6) is 3.66. The summed E-state index contributed by atoms with van der Waals surface area (Å²) >= 11 is 0. The van der Waals surface area contributed by atoms with Crippen molar-refractivity contribution < 1.29 is 9.15 Å². The molecule has 0 radical (unpaired) electrons. The molecule has 19 heavy (non-hydrogen) atoms. The lowest BCUT2D eigenvalue weighted by Gasteiger charge is -2.12. The molecule has 2 heterocycles. The number of anilines is 2. The summed E-state index contributed by atoms with van der Waals surface area (Å²) in [6.07, 6.45) is 1.50. The van der Waals surface area contributed by atoms with Crippen LogP contribution in [-0.2, 0) is 6.54 Å². The second kappa shape index (κ2) is 6.08. The first-order chi connectivity index (χ1) is 9.24. The van der Waals surface area contributed by atoms with Crippen molar-refractivity contribution in [3.05, 3.63) is 30.0 Å². The third-order valence-electron chi connectivity index (χ3n) is 2.58. The summed E-state index contributed by atoms with van der Waals surface area (Å²) in [6, 6.07) is 3.86. The van der Waals surface area contributed by atoms with Crippen LogP contribution >= 0.6 is 0 Å². The SMILES string of the molecule is CCNc1ncnc(NCc2ccc(C)o2)c1OC. The lowest BCUT2D eigenvalue weighted by atomic mass is 10.4. The molecule has 0 aliphatic heterocycles. The second-order valence-electron chi connectivity index (χ2n) is 4.00. The molecule has 0 unspecified atom stereocenters. The van der Waals surface area contributed by atoms with Gasteiger partial charge in [0.05, 0.1) is 13.7 Å². The maximum absolute atomic E-state index is 5.49. The van der Waals surface area contributed by atoms with Gasteiger partial charge in [-0.05, 0) is 26.0 Å². The minimum absolute atomic E-state index is 0.548. The summed E-state index contributed by atoms with van der Waals surface area (Å²) in [7, 11) is 1.60. The van der Waals surface area contributed by atoms with Crippen molar-refractivity contribution in [1.82, 2.24) is 9.97 Å². The number of ether oxygens (including phenoxy) is 1. The van der Waals surface area contributed by atoms with Crippen LogP contribution in [0.3, 0.4) is 0 Å². The Morgan fingerprint density at radius 3 is 2.53 bits per heavy atom. The smallest absolute Gasteiger partial charge is 0.204 e. The van der Waals surface area contributed by atoms with Gasteiger partial charge in [0.1, 0.15) is 17.8 Å². The first-order valence-electron chi connectivity index (χ1n) is 6.16. The maximum atomic E-state index is 5.49. The van der Waals surface area contributed by atoms with Crippen molar-refractivity contribution in [3.63, 3.8) is 0 Å². The molecule has 0 spiro atoms. The molecule has 0 aromatic carbocycles. The van der Waals surface area contributed by atoms with Crippen LogP contribution in [-0.4, -0.2) is 23.6 Å². The molecule has 0 aliphatic carbocycles. The molecule has 2 aromatic heterocycles. The Kier molecular flexibility index (Phi) is 4.22. The van der Waals surface area contributed by atoms with E-state index in [1.54, 1.807) is 7.11 Å². The van der Waals surface area contributed by atoms with Crippen molar-refractivity contribution in [1.29, 1.82) is 0 Å². The van der Waals surface area contributed by atoms with E-state index < -0.39 is 0 Å². The van der Waals surface area contributed by atoms with E-state index in [0.29, 0.717) is 23.9 Å². The predicted molar refractivity (Wildman–Crippen MR) is 73.5 cm³/mol. The molecule has 0 fully saturated rings. The van der Waals surface area contributed by atoms with Crippen LogP contribution in [0.5, 0.6) is 5.75 Å². The number of aryl methyl sites for hydroxylation is 1. The van der Waals surface area contributed by atoms with Crippen molar-refractivity contribution in [2.75, 3.05) is 24.3 Å². The second-order valence-corrected chi connectivity index (χ2v) is 4.00. The zero-order valence-corrected chi connectivity index (χ0v) is 11.4. The van der Waals surface area contributed by atoms with Crippen LogP contribution in [0, 0.1) is 6.92 Å². The Hall–Kier alpha value is -2.24. The first-order valence-corrected chi connectivity index (χ1v) is 6.16. The molecule has 2 rings (SSSR count). The number of methoxy groups -OCH3 is 1. The van der Waals surface area contributed by atoms with E-state index in [9.17, 15) is 0 Å². The Morgan fingerprint density at radius 1 is 1.21 bits per heavy atom. The average Bonchev–Trinajstić information content (AvgIpc) is 2.83. The van der Waals surface area contributed by atoms with E-state index in [1.165, 1.54) is 6.33 Å². The highest BCUT2D eigenvalue weighted by Crippen LogP contribution is 2.29. The fourth-order valence-corrected chi connectivity index (χ4v) is 1.74. The summed E-state index contributed by atoms with van der Waals surface area (Å²) in [5, 5.41) is 6.31. The summed E-state index contributed by atoms with van der Waals surface area (Å²) in [5.41, 5.74) is 0. The van der Waals surface area contributed by atoms with Gasteiger partial charge in [0.25, 0.3) is 0 Å². The third-order valence-corrected chi connectivity index (χ3v) is 2.58. The van der Waals surface area contributed by atoms with Gasteiger partial charge in [-0.3, -0.25) is 0 Å². The lowest BCUT2D eigenvalue weighted by Crippen LogP contribution is -2.07. The third kappa shape index (κ3) is 3.15. The molecule has 6 heteroatoms. The van der Waals surface area contributed by atoms with Gasteiger partial charge in [0, 0.05) is 6.54 Å². The van der Waals surface area contributed by atoms with Gasteiger partial charge in [-0.1, -0.05) is 0 Å². The Bertz CT molecular complexity index is 539. The Labute approximate surface area is 112 Å². The highest BCUT2D eigenvalue weighted by Gasteiger charge is 2.11. The highest BCUT2D eigenvalue weighted by atomic mass is 16.5. The van der Waals surface area contributed by atoms with Gasteiger partial charge in [0.15, 0.2) is 11.6 Å². The van der Waals surface area contributed by atoms with E-state index in [1.807, 2.05) is 26.0 Å². The van der Waals surface area contributed by atoms with E-state index in [0.717, 1.165) is 18.1 Å². The topological polar surface area (TPSA) is 72.2 Å². The van der Waals surface area contributed by atoms with E-state index in [-0.39, 0.29) is 0 Å². The van der Waals surface area contributed by atoms with Crippen LogP contribution in [0.2, 0.25) is 0 Å². The largest absolute Gasteiger partial charge is 0.490 e. The number of rotatable bonds is 6. The normalized spacial score (nSPS) is 10.3. The zero-order valence-electron chi connectivity index (χ0n) is 11.4. The molecule has 0 bridgehead atoms. The molecule has 0 amide bonds. The first kappa shape index (κ1) is 13.2. The molecule has 2 aromatic rings. The minimum atomic E-state index is 0.548. The minimum Gasteiger partial charge on any atom is -0.490 e. The van der Waals surface area contributed by atoms with Crippen LogP contribution in [0.15, 0.2) is 22.9 Å². The number of nitrogens with zero attached hydrogens (tertiary/aromatic N) is 2. The van der Waals surface area contributed by atoms with Gasteiger partial charge in [-0.15, -0.1) is 0 Å². The zero-order chi connectivity index (χ0) is 13.7. The van der Waals surface area contributed by atoms with Gasteiger partial charge < -0.3 is 19.8 Å². The number of furan rings is 1. The number of aromatic nitrogens is 2. The van der Waals surface area contributed by atoms with Gasteiger partial charge in [-0.2, -0.15) is 0 Å². The molecule has 6 nitrogen and oxygen atoms in total. The average molecular weight is 262 g/mol. The molecular weight excluding hydrogens is 244 g/mol. The van der Waals surface area contributed by atoms with E-state index >= 15 is 0 Å². The van der Waals surface area contributed by atoms with E-state index in [2.05, 4.69) is 20.6 Å². The molecule has 0 atom stereocenters. The van der Waals surface area contributed by atoms with Crippen molar-refractivity contribution in [3.8, 4) is 5.75 Å². The molecule has 2 N–H and O–H groups in total. The quantitative estimate of drug-likeness (QED) is 0.833. The van der Waals surface area contributed by atoms with Crippen molar-refractivity contribution in [2.24, 2.45) is 0 Å². The molecular formula is C13H18N4O2.